The van der Waals surface area contributed by atoms with Crippen LogP contribution in [0.3, 0.4) is 0 Å². The third-order valence-electron chi connectivity index (χ3n) is 3.53. The van der Waals surface area contributed by atoms with Crippen molar-refractivity contribution in [1.29, 1.82) is 0 Å². The SMILES string of the molecule is CC1CCC(NS(=O)(=O)c2c(Cl)cccc2Cl)CC1. The van der Waals surface area contributed by atoms with E-state index in [1.54, 1.807) is 6.07 Å². The smallest absolute Gasteiger partial charge is 0.208 e. The van der Waals surface area contributed by atoms with E-state index in [1.807, 2.05) is 0 Å². The summed E-state index contributed by atoms with van der Waals surface area (Å²) in [5.74, 6) is 0.671. The van der Waals surface area contributed by atoms with Crippen molar-refractivity contribution >= 4 is 33.2 Å². The molecular formula is C13H17Cl2NO2S. The standard InChI is InChI=1S/C13H17Cl2NO2S/c1-9-5-7-10(8-6-9)16-19(17,18)13-11(14)3-2-4-12(13)15/h2-4,9-10,16H,5-8H2,1H3. The van der Waals surface area contributed by atoms with Crippen LogP contribution >= 0.6 is 23.2 Å². The molecule has 0 spiro atoms. The monoisotopic (exact) mass is 321 g/mol. The van der Waals surface area contributed by atoms with Crippen molar-refractivity contribution in [2.75, 3.05) is 0 Å². The van der Waals surface area contributed by atoms with E-state index in [1.165, 1.54) is 12.1 Å². The molecule has 3 nitrogen and oxygen atoms in total. The van der Waals surface area contributed by atoms with Gasteiger partial charge in [-0.3, -0.25) is 0 Å². The van der Waals surface area contributed by atoms with E-state index in [0.717, 1.165) is 25.7 Å². The highest BCUT2D eigenvalue weighted by atomic mass is 35.5. The largest absolute Gasteiger partial charge is 0.243 e. The van der Waals surface area contributed by atoms with Crippen LogP contribution < -0.4 is 4.72 Å². The summed E-state index contributed by atoms with van der Waals surface area (Å²) < 4.78 is 27.4. The highest BCUT2D eigenvalue weighted by molar-refractivity contribution is 7.89. The van der Waals surface area contributed by atoms with Crippen molar-refractivity contribution in [2.24, 2.45) is 5.92 Å². The van der Waals surface area contributed by atoms with Crippen molar-refractivity contribution in [2.45, 2.75) is 43.5 Å². The summed E-state index contributed by atoms with van der Waals surface area (Å²) in [6, 6.07) is 4.68. The molecule has 6 heteroatoms. The number of benzene rings is 1. The van der Waals surface area contributed by atoms with Gasteiger partial charge in [-0.15, -0.1) is 0 Å². The van der Waals surface area contributed by atoms with Gasteiger partial charge in [-0.25, -0.2) is 13.1 Å². The van der Waals surface area contributed by atoms with Gasteiger partial charge in [0.1, 0.15) is 4.90 Å². The highest BCUT2D eigenvalue weighted by Gasteiger charge is 2.27. The number of halogens is 2. The Morgan fingerprint density at radius 2 is 1.63 bits per heavy atom. The lowest BCUT2D eigenvalue weighted by Crippen LogP contribution is -2.37. The van der Waals surface area contributed by atoms with Gasteiger partial charge in [-0.1, -0.05) is 36.2 Å². The molecule has 1 N–H and O–H groups in total. The molecule has 0 aliphatic heterocycles. The lowest BCUT2D eigenvalue weighted by Gasteiger charge is -2.27. The Bertz CT molecular complexity index is 532. The minimum Gasteiger partial charge on any atom is -0.208 e. The fraction of sp³-hybridized carbons (Fsp3) is 0.538. The molecule has 2 rings (SSSR count). The molecule has 1 aromatic rings. The fourth-order valence-corrected chi connectivity index (χ4v) is 4.84. The summed E-state index contributed by atoms with van der Waals surface area (Å²) in [6.07, 6.45) is 3.82. The first-order valence-electron chi connectivity index (χ1n) is 6.36. The summed E-state index contributed by atoms with van der Waals surface area (Å²) in [5, 5.41) is 0.313. The quantitative estimate of drug-likeness (QED) is 0.919. The Balaban J connectivity index is 2.19. The van der Waals surface area contributed by atoms with E-state index >= 15 is 0 Å². The number of hydrogen-bond donors (Lipinski definition) is 1. The zero-order valence-electron chi connectivity index (χ0n) is 10.7. The Kier molecular flexibility index (Phi) is 4.77. The van der Waals surface area contributed by atoms with Crippen LogP contribution in [0.15, 0.2) is 23.1 Å². The minimum absolute atomic E-state index is 0.0167. The predicted molar refractivity (Wildman–Crippen MR) is 78.2 cm³/mol. The average Bonchev–Trinajstić information content (AvgIpc) is 2.31. The van der Waals surface area contributed by atoms with Crippen molar-refractivity contribution in [3.05, 3.63) is 28.2 Å². The van der Waals surface area contributed by atoms with Gasteiger partial charge in [-0.2, -0.15) is 0 Å². The van der Waals surface area contributed by atoms with Gasteiger partial charge in [0.05, 0.1) is 10.0 Å². The lowest BCUT2D eigenvalue weighted by atomic mass is 9.88. The van der Waals surface area contributed by atoms with Crippen LogP contribution in [-0.2, 0) is 10.0 Å². The molecule has 0 radical (unpaired) electrons. The first kappa shape index (κ1) is 15.1. The van der Waals surface area contributed by atoms with Gasteiger partial charge >= 0.3 is 0 Å². The highest BCUT2D eigenvalue weighted by Crippen LogP contribution is 2.30. The summed E-state index contributed by atoms with van der Waals surface area (Å²) in [5.41, 5.74) is 0. The molecule has 0 bridgehead atoms. The summed E-state index contributed by atoms with van der Waals surface area (Å²) in [7, 11) is -3.65. The molecule has 1 aliphatic carbocycles. The van der Waals surface area contributed by atoms with Gasteiger partial charge in [-0.05, 0) is 43.7 Å². The molecule has 19 heavy (non-hydrogen) atoms. The minimum atomic E-state index is -3.65. The van der Waals surface area contributed by atoms with Gasteiger partial charge < -0.3 is 0 Å². The maximum Gasteiger partial charge on any atom is 0.243 e. The van der Waals surface area contributed by atoms with Crippen LogP contribution in [0.2, 0.25) is 10.0 Å². The number of sulfonamides is 1. The van der Waals surface area contributed by atoms with E-state index in [9.17, 15) is 8.42 Å². The molecule has 0 saturated heterocycles. The maximum atomic E-state index is 12.3. The summed E-state index contributed by atoms with van der Waals surface area (Å²) >= 11 is 11.9. The van der Waals surface area contributed by atoms with E-state index in [0.29, 0.717) is 5.92 Å². The molecular weight excluding hydrogens is 305 g/mol. The molecule has 1 saturated carbocycles. The van der Waals surface area contributed by atoms with Crippen molar-refractivity contribution in [1.82, 2.24) is 4.72 Å². The van der Waals surface area contributed by atoms with Crippen LogP contribution in [0.25, 0.3) is 0 Å². The Hall–Kier alpha value is -0.290. The molecule has 0 unspecified atom stereocenters. The molecule has 0 atom stereocenters. The van der Waals surface area contributed by atoms with E-state index in [2.05, 4.69) is 11.6 Å². The van der Waals surface area contributed by atoms with Crippen LogP contribution in [0.5, 0.6) is 0 Å². The molecule has 1 aliphatic rings. The third-order valence-corrected chi connectivity index (χ3v) is 6.00. The normalized spacial score (nSPS) is 24.4. The van der Waals surface area contributed by atoms with E-state index in [-0.39, 0.29) is 21.0 Å². The van der Waals surface area contributed by atoms with Crippen LogP contribution in [0, 0.1) is 5.92 Å². The number of rotatable bonds is 3. The maximum absolute atomic E-state index is 12.3. The molecule has 1 aromatic carbocycles. The fourth-order valence-electron chi connectivity index (χ4n) is 2.40. The van der Waals surface area contributed by atoms with Gasteiger partial charge in [0.2, 0.25) is 10.0 Å². The first-order chi connectivity index (χ1) is 8.90. The Morgan fingerprint density at radius 1 is 1.11 bits per heavy atom. The Labute approximate surface area is 124 Å². The van der Waals surface area contributed by atoms with Gasteiger partial charge in [0.15, 0.2) is 0 Å². The van der Waals surface area contributed by atoms with Crippen molar-refractivity contribution < 1.29 is 8.42 Å². The number of hydrogen-bond acceptors (Lipinski definition) is 2. The second kappa shape index (κ2) is 6.00. The van der Waals surface area contributed by atoms with E-state index in [4.69, 9.17) is 23.2 Å². The molecule has 0 amide bonds. The lowest BCUT2D eigenvalue weighted by molar-refractivity contribution is 0.332. The second-order valence-corrected chi connectivity index (χ2v) is 7.59. The van der Waals surface area contributed by atoms with Gasteiger partial charge in [0, 0.05) is 6.04 Å². The molecule has 1 fully saturated rings. The van der Waals surface area contributed by atoms with Crippen molar-refractivity contribution in [3.63, 3.8) is 0 Å². The third kappa shape index (κ3) is 3.63. The second-order valence-electron chi connectivity index (χ2n) is 5.13. The molecule has 106 valence electrons. The summed E-state index contributed by atoms with van der Waals surface area (Å²) in [6.45, 7) is 2.19. The van der Waals surface area contributed by atoms with Crippen LogP contribution in [0.4, 0.5) is 0 Å². The zero-order chi connectivity index (χ0) is 14.0. The predicted octanol–water partition coefficient (Wildman–Crippen LogP) is 3.85. The van der Waals surface area contributed by atoms with E-state index < -0.39 is 10.0 Å². The first-order valence-corrected chi connectivity index (χ1v) is 8.60. The average molecular weight is 322 g/mol. The molecule has 0 aromatic heterocycles. The van der Waals surface area contributed by atoms with Crippen molar-refractivity contribution in [3.8, 4) is 0 Å². The molecule has 0 heterocycles. The zero-order valence-corrected chi connectivity index (χ0v) is 13.0. The number of nitrogens with one attached hydrogen (secondary N) is 1. The van der Waals surface area contributed by atoms with Crippen LogP contribution in [0.1, 0.15) is 32.6 Å². The topological polar surface area (TPSA) is 46.2 Å². The van der Waals surface area contributed by atoms with Gasteiger partial charge in [0.25, 0.3) is 0 Å². The Morgan fingerprint density at radius 3 is 2.16 bits per heavy atom. The van der Waals surface area contributed by atoms with Crippen LogP contribution in [-0.4, -0.2) is 14.5 Å². The summed E-state index contributed by atoms with van der Waals surface area (Å²) in [4.78, 5) is -0.0167.